The van der Waals surface area contributed by atoms with Crippen LogP contribution in [0.2, 0.25) is 0 Å². The van der Waals surface area contributed by atoms with Crippen molar-refractivity contribution < 1.29 is 18.3 Å². The first-order valence-electron chi connectivity index (χ1n) is 4.05. The molecule has 0 fully saturated rings. The quantitative estimate of drug-likeness (QED) is 0.750. The van der Waals surface area contributed by atoms with Crippen LogP contribution in [0.1, 0.15) is 5.56 Å². The van der Waals surface area contributed by atoms with E-state index in [-0.39, 0.29) is 11.6 Å². The van der Waals surface area contributed by atoms with Crippen LogP contribution in [0.4, 0.5) is 8.78 Å². The Bertz CT molecular complexity index is 305. The van der Waals surface area contributed by atoms with Gasteiger partial charge in [0.15, 0.2) is 5.75 Å². The number of nitrogens with zero attached hydrogens (tertiary/aromatic N) is 1. The third-order valence-corrected chi connectivity index (χ3v) is 1.51. The molecule has 14 heavy (non-hydrogen) atoms. The third kappa shape index (κ3) is 2.83. The summed E-state index contributed by atoms with van der Waals surface area (Å²) in [5.74, 6) is 0.462. The van der Waals surface area contributed by atoms with Gasteiger partial charge in [-0.15, -0.1) is 0 Å². The Morgan fingerprint density at radius 1 is 1.50 bits per heavy atom. The van der Waals surface area contributed by atoms with E-state index in [4.69, 9.17) is 9.47 Å². The number of alkyl halides is 2. The zero-order valence-electron chi connectivity index (χ0n) is 7.96. The van der Waals surface area contributed by atoms with E-state index in [0.29, 0.717) is 0 Å². The molecule has 0 aliphatic heterocycles. The zero-order valence-corrected chi connectivity index (χ0v) is 7.96. The summed E-state index contributed by atoms with van der Waals surface area (Å²) in [5.41, 5.74) is 0.829. The predicted octanol–water partition coefficient (Wildman–Crippen LogP) is 2.04. The Labute approximate surface area is 80.7 Å². The Morgan fingerprint density at radius 2 is 2.21 bits per heavy atom. The molecular formula is C9H11F2NO2. The van der Waals surface area contributed by atoms with E-state index in [9.17, 15) is 8.78 Å². The van der Waals surface area contributed by atoms with Gasteiger partial charge in [0.2, 0.25) is 0 Å². The molecule has 1 aromatic rings. The van der Waals surface area contributed by atoms with Crippen LogP contribution in [0, 0.1) is 6.92 Å². The first kappa shape index (κ1) is 10.7. The molecule has 0 saturated carbocycles. The Morgan fingerprint density at radius 3 is 2.79 bits per heavy atom. The summed E-state index contributed by atoms with van der Waals surface area (Å²) < 4.78 is 33.4. The minimum absolute atomic E-state index is 0.219. The second kappa shape index (κ2) is 4.74. The molecule has 0 atom stereocenters. The molecule has 1 heterocycles. The van der Waals surface area contributed by atoms with Gasteiger partial charge in [0, 0.05) is 6.20 Å². The van der Waals surface area contributed by atoms with E-state index in [2.05, 4.69) is 4.98 Å². The molecule has 1 rings (SSSR count). The standard InChI is InChI=1S/C9H11F2NO2/c1-6-3-7(14-5-8(10)11)9(13-2)12-4-6/h3-4,8H,5H2,1-2H3. The number of halogens is 2. The smallest absolute Gasteiger partial charge is 0.272 e. The van der Waals surface area contributed by atoms with Crippen molar-refractivity contribution >= 4 is 0 Å². The van der Waals surface area contributed by atoms with Crippen molar-refractivity contribution in [3.8, 4) is 11.6 Å². The Balaban J connectivity index is 2.77. The SMILES string of the molecule is COc1ncc(C)cc1OCC(F)F. The maximum absolute atomic E-state index is 11.9. The molecular weight excluding hydrogens is 192 g/mol. The Hall–Kier alpha value is -1.39. The second-order valence-corrected chi connectivity index (χ2v) is 2.72. The molecule has 0 aliphatic rings. The fraction of sp³-hybridized carbons (Fsp3) is 0.444. The lowest BCUT2D eigenvalue weighted by atomic mass is 10.3. The van der Waals surface area contributed by atoms with Crippen LogP contribution in [0.25, 0.3) is 0 Å². The van der Waals surface area contributed by atoms with Gasteiger partial charge in [-0.05, 0) is 18.6 Å². The van der Waals surface area contributed by atoms with Gasteiger partial charge in [0.05, 0.1) is 7.11 Å². The average molecular weight is 203 g/mol. The highest BCUT2D eigenvalue weighted by molar-refractivity contribution is 5.35. The van der Waals surface area contributed by atoms with Crippen LogP contribution in [0.5, 0.6) is 11.6 Å². The summed E-state index contributed by atoms with van der Waals surface area (Å²) in [6.07, 6.45) is -0.922. The van der Waals surface area contributed by atoms with E-state index in [1.54, 1.807) is 19.2 Å². The van der Waals surface area contributed by atoms with Gasteiger partial charge in [-0.25, -0.2) is 13.8 Å². The van der Waals surface area contributed by atoms with Crippen molar-refractivity contribution in [2.24, 2.45) is 0 Å². The van der Waals surface area contributed by atoms with Crippen LogP contribution in [0.15, 0.2) is 12.3 Å². The van der Waals surface area contributed by atoms with Gasteiger partial charge in [-0.2, -0.15) is 0 Å². The fourth-order valence-corrected chi connectivity index (χ4v) is 0.939. The maximum Gasteiger partial charge on any atom is 0.272 e. The van der Waals surface area contributed by atoms with Gasteiger partial charge in [-0.1, -0.05) is 0 Å². The number of aryl methyl sites for hydroxylation is 1. The lowest BCUT2D eigenvalue weighted by Gasteiger charge is -2.09. The van der Waals surface area contributed by atoms with Gasteiger partial charge in [-0.3, -0.25) is 0 Å². The second-order valence-electron chi connectivity index (χ2n) is 2.72. The van der Waals surface area contributed by atoms with Crippen LogP contribution < -0.4 is 9.47 Å². The highest BCUT2D eigenvalue weighted by Gasteiger charge is 2.09. The molecule has 0 unspecified atom stereocenters. The first-order valence-corrected chi connectivity index (χ1v) is 4.05. The molecule has 0 amide bonds. The number of aromatic nitrogens is 1. The highest BCUT2D eigenvalue weighted by atomic mass is 19.3. The number of ether oxygens (including phenoxy) is 2. The molecule has 0 bridgehead atoms. The van der Waals surface area contributed by atoms with Crippen LogP contribution in [-0.4, -0.2) is 25.1 Å². The largest absolute Gasteiger partial charge is 0.482 e. The lowest BCUT2D eigenvalue weighted by molar-refractivity contribution is 0.0800. The van der Waals surface area contributed by atoms with E-state index in [1.807, 2.05) is 0 Å². The Kier molecular flexibility index (Phi) is 3.62. The summed E-state index contributed by atoms with van der Waals surface area (Å²) in [7, 11) is 1.41. The molecule has 0 aliphatic carbocycles. The average Bonchev–Trinajstić information content (AvgIpc) is 2.15. The molecule has 3 nitrogen and oxygen atoms in total. The van der Waals surface area contributed by atoms with Gasteiger partial charge in [0.1, 0.15) is 6.61 Å². The van der Waals surface area contributed by atoms with E-state index in [1.165, 1.54) is 7.11 Å². The molecule has 0 spiro atoms. The maximum atomic E-state index is 11.9. The molecule has 1 aromatic heterocycles. The van der Waals surface area contributed by atoms with Crippen molar-refractivity contribution in [1.29, 1.82) is 0 Å². The molecule has 5 heteroatoms. The number of methoxy groups -OCH3 is 1. The van der Waals surface area contributed by atoms with Crippen molar-refractivity contribution in [1.82, 2.24) is 4.98 Å². The minimum Gasteiger partial charge on any atom is -0.482 e. The summed E-state index contributed by atoms with van der Waals surface area (Å²) in [5, 5.41) is 0. The summed E-state index contributed by atoms with van der Waals surface area (Å²) >= 11 is 0. The van der Waals surface area contributed by atoms with E-state index < -0.39 is 13.0 Å². The summed E-state index contributed by atoms with van der Waals surface area (Å²) in [6, 6.07) is 1.61. The lowest BCUT2D eigenvalue weighted by Crippen LogP contribution is -2.08. The van der Waals surface area contributed by atoms with Gasteiger partial charge < -0.3 is 9.47 Å². The number of rotatable bonds is 4. The van der Waals surface area contributed by atoms with Crippen molar-refractivity contribution in [3.05, 3.63) is 17.8 Å². The van der Waals surface area contributed by atoms with E-state index in [0.717, 1.165) is 5.56 Å². The zero-order chi connectivity index (χ0) is 10.6. The molecule has 0 saturated heterocycles. The van der Waals surface area contributed by atoms with Crippen LogP contribution in [-0.2, 0) is 0 Å². The summed E-state index contributed by atoms with van der Waals surface area (Å²) in [4.78, 5) is 3.88. The monoisotopic (exact) mass is 203 g/mol. The normalized spacial score (nSPS) is 10.4. The number of hydrogen-bond donors (Lipinski definition) is 0. The minimum atomic E-state index is -2.50. The first-order chi connectivity index (χ1) is 6.63. The summed E-state index contributed by atoms with van der Waals surface area (Å²) in [6.45, 7) is 1.14. The van der Waals surface area contributed by atoms with Crippen LogP contribution >= 0.6 is 0 Å². The van der Waals surface area contributed by atoms with Crippen molar-refractivity contribution in [2.75, 3.05) is 13.7 Å². The van der Waals surface area contributed by atoms with Gasteiger partial charge >= 0.3 is 0 Å². The van der Waals surface area contributed by atoms with Crippen molar-refractivity contribution in [2.45, 2.75) is 13.3 Å². The van der Waals surface area contributed by atoms with Crippen LogP contribution in [0.3, 0.4) is 0 Å². The predicted molar refractivity (Wildman–Crippen MR) is 47.0 cm³/mol. The molecule has 78 valence electrons. The number of pyridine rings is 1. The third-order valence-electron chi connectivity index (χ3n) is 1.51. The molecule has 0 radical (unpaired) electrons. The number of hydrogen-bond acceptors (Lipinski definition) is 3. The van der Waals surface area contributed by atoms with Gasteiger partial charge in [0.25, 0.3) is 12.3 Å². The molecule has 0 aromatic carbocycles. The highest BCUT2D eigenvalue weighted by Crippen LogP contribution is 2.24. The fourth-order valence-electron chi connectivity index (χ4n) is 0.939. The topological polar surface area (TPSA) is 31.4 Å². The van der Waals surface area contributed by atoms with E-state index >= 15 is 0 Å². The molecule has 0 N–H and O–H groups in total. The van der Waals surface area contributed by atoms with Crippen molar-refractivity contribution in [3.63, 3.8) is 0 Å².